The smallest absolute Gasteiger partial charge is 0.293 e. The minimum absolute atomic E-state index is 0.0784. The van der Waals surface area contributed by atoms with E-state index in [1.54, 1.807) is 30.6 Å². The van der Waals surface area contributed by atoms with E-state index in [0.717, 1.165) is 25.8 Å². The molecule has 1 aliphatic heterocycles. The number of oxazole rings is 1. The first-order chi connectivity index (χ1) is 17.3. The molecule has 0 aliphatic carbocycles. The van der Waals surface area contributed by atoms with Gasteiger partial charge in [0, 0.05) is 30.6 Å². The van der Waals surface area contributed by atoms with Gasteiger partial charge in [0.2, 0.25) is 17.4 Å². The molecule has 11 heteroatoms. The van der Waals surface area contributed by atoms with Crippen LogP contribution in [0.15, 0.2) is 41.2 Å². The number of anilines is 2. The molecule has 5 rings (SSSR count). The second-order valence-electron chi connectivity index (χ2n) is 8.95. The average molecular weight is 492 g/mol. The first-order valence-electron chi connectivity index (χ1n) is 11.7. The molecule has 1 atom stereocenters. The number of likely N-dealkylation sites (tertiary alicyclic amines) is 1. The number of carbonyl (C=O) groups excluding carboxylic acids is 2. The lowest BCUT2D eigenvalue weighted by Crippen LogP contribution is -2.44. The summed E-state index contributed by atoms with van der Waals surface area (Å²) in [6.07, 6.45) is 7.77. The summed E-state index contributed by atoms with van der Waals surface area (Å²) in [5.74, 6) is -0.228. The fourth-order valence-corrected chi connectivity index (χ4v) is 4.44. The van der Waals surface area contributed by atoms with E-state index < -0.39 is 11.7 Å². The average Bonchev–Trinajstić information content (AvgIpc) is 3.42. The van der Waals surface area contributed by atoms with Gasteiger partial charge in [-0.25, -0.2) is 19.3 Å². The van der Waals surface area contributed by atoms with Crippen LogP contribution < -0.4 is 10.6 Å². The van der Waals surface area contributed by atoms with Crippen LogP contribution in [-0.4, -0.2) is 55.7 Å². The topological polar surface area (TPSA) is 118 Å². The van der Waals surface area contributed by atoms with Crippen molar-refractivity contribution in [2.45, 2.75) is 39.2 Å². The Balaban J connectivity index is 1.37. The number of imidazole rings is 1. The molecule has 2 amide bonds. The summed E-state index contributed by atoms with van der Waals surface area (Å²) in [6, 6.07) is 4.03. The summed E-state index contributed by atoms with van der Waals surface area (Å²) >= 11 is 0. The van der Waals surface area contributed by atoms with E-state index in [4.69, 9.17) is 4.42 Å². The van der Waals surface area contributed by atoms with Gasteiger partial charge >= 0.3 is 0 Å². The highest BCUT2D eigenvalue weighted by molar-refractivity contribution is 6.03. The number of rotatable bonds is 5. The Morgan fingerprint density at radius 3 is 2.69 bits per heavy atom. The second-order valence-corrected chi connectivity index (χ2v) is 8.95. The minimum atomic E-state index is -0.503. The molecule has 0 spiro atoms. The van der Waals surface area contributed by atoms with Gasteiger partial charge in [-0.3, -0.25) is 18.9 Å². The number of amides is 2. The molecule has 4 heterocycles. The zero-order chi connectivity index (χ0) is 25.4. The van der Waals surface area contributed by atoms with Crippen molar-refractivity contribution >= 4 is 29.0 Å². The molecule has 1 aromatic carbocycles. The third kappa shape index (κ3) is 4.69. The highest BCUT2D eigenvalue weighted by atomic mass is 19.1. The van der Waals surface area contributed by atoms with Crippen LogP contribution in [-0.2, 0) is 4.79 Å². The van der Waals surface area contributed by atoms with E-state index in [-0.39, 0.29) is 23.3 Å². The molecule has 0 radical (unpaired) electrons. The highest BCUT2D eigenvalue weighted by Gasteiger charge is 2.26. The van der Waals surface area contributed by atoms with Crippen LogP contribution in [0.25, 0.3) is 17.0 Å². The minimum Gasteiger partial charge on any atom is -0.436 e. The third-order valence-corrected chi connectivity index (χ3v) is 6.26. The summed E-state index contributed by atoms with van der Waals surface area (Å²) in [5, 5.41) is 5.63. The lowest BCUT2D eigenvalue weighted by molar-refractivity contribution is -0.121. The summed E-state index contributed by atoms with van der Waals surface area (Å²) in [6.45, 7) is 4.22. The Bertz CT molecular complexity index is 1460. The van der Waals surface area contributed by atoms with Crippen molar-refractivity contribution in [3.8, 4) is 11.3 Å². The Kier molecular flexibility index (Phi) is 6.23. The number of hydrogen-bond acceptors (Lipinski definition) is 7. The number of benzene rings is 1. The molecule has 186 valence electrons. The first kappa shape index (κ1) is 23.6. The van der Waals surface area contributed by atoms with Crippen LogP contribution in [0.5, 0.6) is 0 Å². The molecule has 1 unspecified atom stereocenters. The normalized spacial score (nSPS) is 16.3. The molecule has 10 nitrogen and oxygen atoms in total. The Hall–Kier alpha value is -4.12. The zero-order valence-electron chi connectivity index (χ0n) is 20.2. The van der Waals surface area contributed by atoms with E-state index >= 15 is 0 Å². The predicted molar refractivity (Wildman–Crippen MR) is 131 cm³/mol. The number of nitrogens with one attached hydrogen (secondary N) is 2. The molecule has 4 aromatic rings. The van der Waals surface area contributed by atoms with Gasteiger partial charge in [0.05, 0.1) is 29.3 Å². The summed E-state index contributed by atoms with van der Waals surface area (Å²) in [4.78, 5) is 40.2. The lowest BCUT2D eigenvalue weighted by atomic mass is 10.0. The maximum Gasteiger partial charge on any atom is 0.293 e. The quantitative estimate of drug-likeness (QED) is 0.436. The number of aryl methyl sites for hydroxylation is 2. The number of nitrogens with zero attached hydrogens (tertiary/aromatic N) is 5. The Morgan fingerprint density at radius 2 is 1.94 bits per heavy atom. The molecule has 0 saturated carbocycles. The molecule has 0 bridgehead atoms. The fraction of sp³-hybridized carbons (Fsp3) is 0.320. The third-order valence-electron chi connectivity index (χ3n) is 6.26. The molecule has 1 saturated heterocycles. The number of piperidine rings is 1. The van der Waals surface area contributed by atoms with Crippen molar-refractivity contribution in [3.05, 3.63) is 60.0 Å². The first-order valence-corrected chi connectivity index (χ1v) is 11.7. The van der Waals surface area contributed by atoms with Gasteiger partial charge in [0.15, 0.2) is 5.89 Å². The van der Waals surface area contributed by atoms with Gasteiger partial charge in [-0.05, 0) is 51.6 Å². The molecule has 2 N–H and O–H groups in total. The van der Waals surface area contributed by atoms with Crippen molar-refractivity contribution < 1.29 is 18.4 Å². The summed E-state index contributed by atoms with van der Waals surface area (Å²) < 4.78 is 21.7. The van der Waals surface area contributed by atoms with Crippen LogP contribution in [0, 0.1) is 19.7 Å². The van der Waals surface area contributed by atoms with Gasteiger partial charge in [0.1, 0.15) is 5.82 Å². The molecular weight excluding hydrogens is 465 g/mol. The molecule has 36 heavy (non-hydrogen) atoms. The van der Waals surface area contributed by atoms with Crippen molar-refractivity contribution in [3.63, 3.8) is 0 Å². The van der Waals surface area contributed by atoms with E-state index in [9.17, 15) is 14.0 Å². The number of fused-ring (bicyclic) bond motifs is 1. The van der Waals surface area contributed by atoms with Crippen molar-refractivity contribution in [2.75, 3.05) is 24.2 Å². The van der Waals surface area contributed by atoms with Crippen molar-refractivity contribution in [1.29, 1.82) is 0 Å². The van der Waals surface area contributed by atoms with Gasteiger partial charge in [-0.15, -0.1) is 0 Å². The summed E-state index contributed by atoms with van der Waals surface area (Å²) in [5.41, 5.74) is 1.89. The van der Waals surface area contributed by atoms with Crippen LogP contribution >= 0.6 is 0 Å². The van der Waals surface area contributed by atoms with Crippen LogP contribution in [0.3, 0.4) is 0 Å². The second kappa shape index (κ2) is 9.50. The predicted octanol–water partition coefficient (Wildman–Crippen LogP) is 3.82. The summed E-state index contributed by atoms with van der Waals surface area (Å²) in [7, 11) is 1.95. The molecular formula is C25H26FN7O3. The van der Waals surface area contributed by atoms with Gasteiger partial charge < -0.3 is 15.1 Å². The van der Waals surface area contributed by atoms with Gasteiger partial charge in [0.25, 0.3) is 5.91 Å². The number of carbonyl (C=O) groups is 2. The van der Waals surface area contributed by atoms with E-state index in [0.29, 0.717) is 34.4 Å². The number of halogens is 1. The number of aromatic nitrogens is 4. The lowest BCUT2D eigenvalue weighted by Gasteiger charge is -2.31. The van der Waals surface area contributed by atoms with Gasteiger partial charge in [-0.2, -0.15) is 0 Å². The van der Waals surface area contributed by atoms with E-state index in [1.807, 2.05) is 7.05 Å². The Morgan fingerprint density at radius 1 is 1.11 bits per heavy atom. The highest BCUT2D eigenvalue weighted by Crippen LogP contribution is 2.27. The number of hydrogen-bond donors (Lipinski definition) is 2. The maximum absolute atomic E-state index is 14.7. The van der Waals surface area contributed by atoms with E-state index in [2.05, 4.69) is 30.5 Å². The van der Waals surface area contributed by atoms with Crippen molar-refractivity contribution in [1.82, 2.24) is 24.3 Å². The fourth-order valence-electron chi connectivity index (χ4n) is 4.44. The number of likely N-dealkylation sites (N-methyl/N-ethyl adjacent to an activating group) is 1. The Labute approximate surface area is 206 Å². The van der Waals surface area contributed by atoms with Crippen LogP contribution in [0.1, 0.15) is 41.4 Å². The molecule has 1 fully saturated rings. The van der Waals surface area contributed by atoms with Crippen molar-refractivity contribution in [2.24, 2.45) is 0 Å². The SMILES string of the molecule is Cc1nc(C)c(C(=O)Nc2ccc(F)c(-c3cn4cc(NC(=O)C5CCCCN5C)cnc4n3)c2)o1. The van der Waals surface area contributed by atoms with Gasteiger partial charge in [-0.1, -0.05) is 6.42 Å². The molecule has 3 aromatic heterocycles. The van der Waals surface area contributed by atoms with Crippen LogP contribution in [0.4, 0.5) is 15.8 Å². The maximum atomic E-state index is 14.7. The molecule has 1 aliphatic rings. The standard InChI is InChI=1S/C25H26FN7O3/c1-14-22(36-15(2)28-14)24(35)29-16-7-8-19(26)18(10-16)20-13-33-12-17(11-27-25(33)31-20)30-23(34)21-6-4-5-9-32(21)3/h7-8,10-13,21H,4-6,9H2,1-3H3,(H,29,35)(H,30,34). The zero-order valence-corrected chi connectivity index (χ0v) is 20.2. The largest absolute Gasteiger partial charge is 0.436 e. The monoisotopic (exact) mass is 491 g/mol. The van der Waals surface area contributed by atoms with Crippen LogP contribution in [0.2, 0.25) is 0 Å². The van der Waals surface area contributed by atoms with E-state index in [1.165, 1.54) is 24.4 Å².